The Morgan fingerprint density at radius 1 is 1.22 bits per heavy atom. The minimum atomic E-state index is -3.03. The molecule has 18 heavy (non-hydrogen) atoms. The molecule has 0 radical (unpaired) electrons. The molecule has 104 valence electrons. The summed E-state index contributed by atoms with van der Waals surface area (Å²) in [5.74, 6) is -0.219. The summed E-state index contributed by atoms with van der Waals surface area (Å²) in [7, 11) is -1.66. The van der Waals surface area contributed by atoms with Crippen LogP contribution in [-0.2, 0) is 19.6 Å². The van der Waals surface area contributed by atoms with Crippen molar-refractivity contribution in [3.05, 3.63) is 0 Å². The number of piperazine rings is 1. The highest BCUT2D eigenvalue weighted by molar-refractivity contribution is 7.90. The van der Waals surface area contributed by atoms with Gasteiger partial charge in [-0.2, -0.15) is 4.31 Å². The SMILES string of the molecule is COC(=O)CCN1CCN(S(=O)(=O)C2CC2)CC1. The van der Waals surface area contributed by atoms with Crippen LogP contribution < -0.4 is 0 Å². The minimum Gasteiger partial charge on any atom is -0.469 e. The number of ether oxygens (including phenoxy) is 1. The molecule has 0 spiro atoms. The average molecular weight is 276 g/mol. The fraction of sp³-hybridized carbons (Fsp3) is 0.909. The lowest BCUT2D eigenvalue weighted by Gasteiger charge is -2.33. The molecule has 0 aromatic carbocycles. The molecule has 2 fully saturated rings. The molecule has 0 N–H and O–H groups in total. The molecule has 0 aromatic heterocycles. The van der Waals surface area contributed by atoms with Crippen molar-refractivity contribution in [3.63, 3.8) is 0 Å². The third kappa shape index (κ3) is 3.21. The zero-order valence-electron chi connectivity index (χ0n) is 10.7. The molecule has 1 saturated carbocycles. The summed E-state index contributed by atoms with van der Waals surface area (Å²) in [6.45, 7) is 3.12. The van der Waals surface area contributed by atoms with Crippen LogP contribution >= 0.6 is 0 Å². The summed E-state index contributed by atoms with van der Waals surface area (Å²) in [5.41, 5.74) is 0. The highest BCUT2D eigenvalue weighted by Crippen LogP contribution is 2.31. The van der Waals surface area contributed by atoms with Crippen molar-refractivity contribution in [2.75, 3.05) is 39.8 Å². The van der Waals surface area contributed by atoms with E-state index < -0.39 is 10.0 Å². The molecule has 2 rings (SSSR count). The lowest BCUT2D eigenvalue weighted by molar-refractivity contribution is -0.141. The van der Waals surface area contributed by atoms with Gasteiger partial charge < -0.3 is 9.64 Å². The van der Waals surface area contributed by atoms with Crippen LogP contribution in [0.15, 0.2) is 0 Å². The lowest BCUT2D eigenvalue weighted by atomic mass is 10.3. The smallest absolute Gasteiger partial charge is 0.306 e. The van der Waals surface area contributed by atoms with Gasteiger partial charge >= 0.3 is 5.97 Å². The number of esters is 1. The number of methoxy groups -OCH3 is 1. The van der Waals surface area contributed by atoms with Crippen LogP contribution in [0.1, 0.15) is 19.3 Å². The lowest BCUT2D eigenvalue weighted by Crippen LogP contribution is -2.49. The predicted octanol–water partition coefficient (Wildman–Crippen LogP) is -0.341. The van der Waals surface area contributed by atoms with Gasteiger partial charge in [0.1, 0.15) is 0 Å². The second kappa shape index (κ2) is 5.54. The largest absolute Gasteiger partial charge is 0.469 e. The molecule has 7 heteroatoms. The summed E-state index contributed by atoms with van der Waals surface area (Å²) in [5, 5.41) is -0.126. The predicted molar refractivity (Wildman–Crippen MR) is 66.6 cm³/mol. The highest BCUT2D eigenvalue weighted by atomic mass is 32.2. The summed E-state index contributed by atoms with van der Waals surface area (Å²) in [6, 6.07) is 0. The van der Waals surface area contributed by atoms with Crippen LogP contribution in [-0.4, -0.2) is 68.7 Å². The Labute approximate surface area is 108 Å². The molecule has 2 aliphatic rings. The van der Waals surface area contributed by atoms with Gasteiger partial charge in [0.25, 0.3) is 0 Å². The molecule has 0 atom stereocenters. The van der Waals surface area contributed by atoms with Crippen LogP contribution in [0, 0.1) is 0 Å². The fourth-order valence-electron chi connectivity index (χ4n) is 2.14. The molecular formula is C11H20N2O4S. The Morgan fingerprint density at radius 3 is 2.33 bits per heavy atom. The van der Waals surface area contributed by atoms with Crippen molar-refractivity contribution in [3.8, 4) is 0 Å². The molecule has 0 amide bonds. The molecule has 1 saturated heterocycles. The summed E-state index contributed by atoms with van der Waals surface area (Å²) in [6.07, 6.45) is 1.99. The van der Waals surface area contributed by atoms with Gasteiger partial charge in [-0.1, -0.05) is 0 Å². The average Bonchev–Trinajstić information content (AvgIpc) is 3.21. The topological polar surface area (TPSA) is 66.9 Å². The van der Waals surface area contributed by atoms with Gasteiger partial charge in [-0.3, -0.25) is 4.79 Å². The number of hydrogen-bond donors (Lipinski definition) is 0. The monoisotopic (exact) mass is 276 g/mol. The van der Waals surface area contributed by atoms with Crippen LogP contribution in [0.25, 0.3) is 0 Å². The Morgan fingerprint density at radius 2 is 1.83 bits per heavy atom. The third-order valence-corrected chi connectivity index (χ3v) is 5.90. The first-order valence-electron chi connectivity index (χ1n) is 6.32. The second-order valence-electron chi connectivity index (χ2n) is 4.81. The van der Waals surface area contributed by atoms with E-state index in [0.29, 0.717) is 39.1 Å². The van der Waals surface area contributed by atoms with Gasteiger partial charge in [-0.25, -0.2) is 8.42 Å². The summed E-state index contributed by atoms with van der Waals surface area (Å²) < 4.78 is 30.2. The Kier molecular flexibility index (Phi) is 4.24. The molecule has 1 aliphatic carbocycles. The summed E-state index contributed by atoms with van der Waals surface area (Å²) >= 11 is 0. The second-order valence-corrected chi connectivity index (χ2v) is 7.02. The first-order valence-corrected chi connectivity index (χ1v) is 7.82. The quantitative estimate of drug-likeness (QED) is 0.643. The van der Waals surface area contributed by atoms with Crippen LogP contribution in [0.4, 0.5) is 0 Å². The van der Waals surface area contributed by atoms with E-state index in [2.05, 4.69) is 9.64 Å². The number of carbonyl (C=O) groups excluding carboxylic acids is 1. The van der Waals surface area contributed by atoms with Crippen molar-refractivity contribution < 1.29 is 17.9 Å². The van der Waals surface area contributed by atoms with E-state index >= 15 is 0 Å². The third-order valence-electron chi connectivity index (χ3n) is 3.50. The number of sulfonamides is 1. The van der Waals surface area contributed by atoms with Crippen LogP contribution in [0.3, 0.4) is 0 Å². The van der Waals surface area contributed by atoms with Crippen molar-refractivity contribution >= 4 is 16.0 Å². The zero-order chi connectivity index (χ0) is 13.2. The van der Waals surface area contributed by atoms with Crippen LogP contribution in [0.2, 0.25) is 0 Å². The van der Waals surface area contributed by atoms with Crippen molar-refractivity contribution in [2.45, 2.75) is 24.5 Å². The normalized spacial score (nSPS) is 22.9. The molecule has 0 bridgehead atoms. The number of rotatable bonds is 5. The number of carbonyl (C=O) groups is 1. The van der Waals surface area contributed by atoms with Crippen LogP contribution in [0.5, 0.6) is 0 Å². The zero-order valence-corrected chi connectivity index (χ0v) is 11.5. The number of nitrogens with zero attached hydrogens (tertiary/aromatic N) is 2. The summed E-state index contributed by atoms with van der Waals surface area (Å²) in [4.78, 5) is 13.1. The molecular weight excluding hydrogens is 256 g/mol. The minimum absolute atomic E-state index is 0.126. The molecule has 1 heterocycles. The Hall–Kier alpha value is -0.660. The maximum atomic E-state index is 12.0. The highest BCUT2D eigenvalue weighted by Gasteiger charge is 2.40. The van der Waals surface area contributed by atoms with Gasteiger partial charge in [-0.15, -0.1) is 0 Å². The maximum absolute atomic E-state index is 12.0. The molecule has 1 aliphatic heterocycles. The Balaban J connectivity index is 1.76. The maximum Gasteiger partial charge on any atom is 0.306 e. The molecule has 0 aromatic rings. The van der Waals surface area contributed by atoms with Gasteiger partial charge in [0.2, 0.25) is 10.0 Å². The van der Waals surface area contributed by atoms with E-state index in [4.69, 9.17) is 0 Å². The number of hydrogen-bond acceptors (Lipinski definition) is 5. The van der Waals surface area contributed by atoms with Gasteiger partial charge in [0, 0.05) is 32.7 Å². The standard InChI is InChI=1S/C11H20N2O4S/c1-17-11(14)4-5-12-6-8-13(9-7-12)18(15,16)10-2-3-10/h10H,2-9H2,1H3. The van der Waals surface area contributed by atoms with Crippen molar-refractivity contribution in [1.82, 2.24) is 9.21 Å². The van der Waals surface area contributed by atoms with E-state index in [-0.39, 0.29) is 11.2 Å². The fourth-order valence-corrected chi connectivity index (χ4v) is 3.96. The van der Waals surface area contributed by atoms with Crippen molar-refractivity contribution in [1.29, 1.82) is 0 Å². The molecule has 6 nitrogen and oxygen atoms in total. The van der Waals surface area contributed by atoms with Gasteiger partial charge in [0.15, 0.2) is 0 Å². The van der Waals surface area contributed by atoms with E-state index in [1.54, 1.807) is 4.31 Å². The first-order chi connectivity index (χ1) is 8.54. The van der Waals surface area contributed by atoms with E-state index in [0.717, 1.165) is 12.8 Å². The first kappa shape index (κ1) is 13.8. The van der Waals surface area contributed by atoms with E-state index in [9.17, 15) is 13.2 Å². The van der Waals surface area contributed by atoms with Crippen molar-refractivity contribution in [2.24, 2.45) is 0 Å². The van der Waals surface area contributed by atoms with E-state index in [1.807, 2.05) is 0 Å². The van der Waals surface area contributed by atoms with Gasteiger partial charge in [0.05, 0.1) is 18.8 Å². The molecule has 0 unspecified atom stereocenters. The van der Waals surface area contributed by atoms with Gasteiger partial charge in [-0.05, 0) is 12.8 Å². The Bertz CT molecular complexity index is 397. The van der Waals surface area contributed by atoms with E-state index in [1.165, 1.54) is 7.11 Å².